The van der Waals surface area contributed by atoms with E-state index in [4.69, 9.17) is 10.5 Å². The fourth-order valence-electron chi connectivity index (χ4n) is 1.13. The number of nitrogens with two attached hydrogens (primary N) is 1. The highest BCUT2D eigenvalue weighted by molar-refractivity contribution is 5.83. The Morgan fingerprint density at radius 3 is 2.88 bits per heavy atom. The summed E-state index contributed by atoms with van der Waals surface area (Å²) in [4.78, 5) is 19.4. The largest absolute Gasteiger partial charge is 0.383 e. The lowest BCUT2D eigenvalue weighted by molar-refractivity contribution is -0.121. The first-order valence-corrected chi connectivity index (χ1v) is 5.24. The number of amides is 1. The molecule has 1 unspecified atom stereocenters. The second kappa shape index (κ2) is 6.64. The van der Waals surface area contributed by atoms with Gasteiger partial charge in [0, 0.05) is 13.7 Å². The van der Waals surface area contributed by atoms with E-state index in [1.54, 1.807) is 14.0 Å². The maximum atomic E-state index is 11.6. The van der Waals surface area contributed by atoms with Crippen molar-refractivity contribution in [1.82, 2.24) is 15.3 Å². The predicted molar refractivity (Wildman–Crippen MR) is 64.4 cm³/mol. The van der Waals surface area contributed by atoms with Crippen molar-refractivity contribution in [2.24, 2.45) is 0 Å². The molecule has 0 saturated carbocycles. The summed E-state index contributed by atoms with van der Waals surface area (Å²) in [6.45, 7) is 2.70. The van der Waals surface area contributed by atoms with Crippen molar-refractivity contribution in [3.05, 3.63) is 12.4 Å². The van der Waals surface area contributed by atoms with Gasteiger partial charge in [-0.05, 0) is 6.92 Å². The van der Waals surface area contributed by atoms with Gasteiger partial charge in [-0.3, -0.25) is 4.79 Å². The molecule has 7 heteroatoms. The number of carbonyl (C=O) groups is 1. The topological polar surface area (TPSA) is 102 Å². The van der Waals surface area contributed by atoms with Crippen molar-refractivity contribution in [3.63, 3.8) is 0 Å². The fraction of sp³-hybridized carbons (Fsp3) is 0.500. The van der Waals surface area contributed by atoms with Crippen LogP contribution >= 0.6 is 0 Å². The Labute approximate surface area is 99.8 Å². The third kappa shape index (κ3) is 4.64. The Bertz CT molecular complexity index is 354. The number of methoxy groups -OCH3 is 1. The minimum absolute atomic E-state index is 0.124. The van der Waals surface area contributed by atoms with Gasteiger partial charge >= 0.3 is 0 Å². The molecule has 0 aliphatic carbocycles. The SMILES string of the molecule is COCCNC(=O)C(C)Nc1cnc(N)cn1. The molecule has 4 N–H and O–H groups in total. The van der Waals surface area contributed by atoms with Gasteiger partial charge in [0.25, 0.3) is 0 Å². The number of nitrogens with one attached hydrogen (secondary N) is 2. The van der Waals surface area contributed by atoms with Gasteiger partial charge in [-0.1, -0.05) is 0 Å². The highest BCUT2D eigenvalue weighted by atomic mass is 16.5. The molecule has 0 radical (unpaired) electrons. The first kappa shape index (κ1) is 13.2. The van der Waals surface area contributed by atoms with Gasteiger partial charge in [0.1, 0.15) is 17.7 Å². The Hall–Kier alpha value is -1.89. The van der Waals surface area contributed by atoms with Gasteiger partial charge in [0.2, 0.25) is 5.91 Å². The van der Waals surface area contributed by atoms with Crippen LogP contribution < -0.4 is 16.4 Å². The molecule has 1 amide bonds. The molecule has 1 aromatic heterocycles. The number of nitrogens with zero attached hydrogens (tertiary/aromatic N) is 2. The Morgan fingerprint density at radius 1 is 1.53 bits per heavy atom. The molecule has 7 nitrogen and oxygen atoms in total. The molecule has 1 aromatic rings. The van der Waals surface area contributed by atoms with Gasteiger partial charge in [-0.2, -0.15) is 0 Å². The van der Waals surface area contributed by atoms with E-state index in [2.05, 4.69) is 20.6 Å². The number of aromatic nitrogens is 2. The molecule has 1 heterocycles. The van der Waals surface area contributed by atoms with Crippen molar-refractivity contribution in [1.29, 1.82) is 0 Å². The van der Waals surface area contributed by atoms with Crippen LogP contribution in [-0.2, 0) is 9.53 Å². The summed E-state index contributed by atoms with van der Waals surface area (Å²) in [5.74, 6) is 0.724. The number of nitrogen functional groups attached to an aromatic ring is 1. The maximum absolute atomic E-state index is 11.6. The molecule has 0 spiro atoms. The van der Waals surface area contributed by atoms with Crippen LogP contribution in [0.5, 0.6) is 0 Å². The molecule has 1 atom stereocenters. The van der Waals surface area contributed by atoms with Crippen molar-refractivity contribution >= 4 is 17.5 Å². The number of ether oxygens (including phenoxy) is 1. The lowest BCUT2D eigenvalue weighted by atomic mass is 10.3. The number of hydrogen-bond acceptors (Lipinski definition) is 6. The van der Waals surface area contributed by atoms with E-state index in [-0.39, 0.29) is 5.91 Å². The average Bonchev–Trinajstić information content (AvgIpc) is 2.32. The monoisotopic (exact) mass is 239 g/mol. The highest BCUT2D eigenvalue weighted by Gasteiger charge is 2.12. The van der Waals surface area contributed by atoms with E-state index >= 15 is 0 Å². The van der Waals surface area contributed by atoms with Crippen LogP contribution in [0, 0.1) is 0 Å². The third-order valence-electron chi connectivity index (χ3n) is 2.03. The van der Waals surface area contributed by atoms with Crippen molar-refractivity contribution in [2.75, 3.05) is 31.3 Å². The summed E-state index contributed by atoms with van der Waals surface area (Å²) in [6, 6.07) is -0.398. The number of carbonyl (C=O) groups excluding carboxylic acids is 1. The molecular weight excluding hydrogens is 222 g/mol. The molecule has 0 aliphatic heterocycles. The zero-order valence-electron chi connectivity index (χ0n) is 9.93. The van der Waals surface area contributed by atoms with Gasteiger partial charge in [0.15, 0.2) is 0 Å². The van der Waals surface area contributed by atoms with E-state index in [9.17, 15) is 4.79 Å². The zero-order chi connectivity index (χ0) is 12.7. The molecular formula is C10H17N5O2. The van der Waals surface area contributed by atoms with Gasteiger partial charge < -0.3 is 21.1 Å². The van der Waals surface area contributed by atoms with E-state index in [0.717, 1.165) is 0 Å². The highest BCUT2D eigenvalue weighted by Crippen LogP contribution is 2.03. The van der Waals surface area contributed by atoms with E-state index in [1.165, 1.54) is 12.4 Å². The van der Waals surface area contributed by atoms with Crippen LogP contribution in [0.4, 0.5) is 11.6 Å². The lowest BCUT2D eigenvalue weighted by Gasteiger charge is -2.14. The summed E-state index contributed by atoms with van der Waals surface area (Å²) in [5.41, 5.74) is 5.40. The minimum atomic E-state index is -0.398. The summed E-state index contributed by atoms with van der Waals surface area (Å²) >= 11 is 0. The Balaban J connectivity index is 2.40. The fourth-order valence-corrected chi connectivity index (χ4v) is 1.13. The number of anilines is 2. The van der Waals surface area contributed by atoms with Crippen molar-refractivity contribution in [3.8, 4) is 0 Å². The predicted octanol–water partition coefficient (Wildman–Crippen LogP) is -0.378. The number of hydrogen-bond donors (Lipinski definition) is 3. The first-order valence-electron chi connectivity index (χ1n) is 5.24. The Morgan fingerprint density at radius 2 is 2.29 bits per heavy atom. The van der Waals surface area contributed by atoms with Crippen LogP contribution in [0.15, 0.2) is 12.4 Å². The van der Waals surface area contributed by atoms with Crippen LogP contribution in [0.3, 0.4) is 0 Å². The molecule has 1 rings (SSSR count). The average molecular weight is 239 g/mol. The molecule has 0 aromatic carbocycles. The van der Waals surface area contributed by atoms with Gasteiger partial charge in [0.05, 0.1) is 19.0 Å². The van der Waals surface area contributed by atoms with Crippen LogP contribution in [-0.4, -0.2) is 42.2 Å². The summed E-state index contributed by atoms with van der Waals surface area (Å²) in [6.07, 6.45) is 2.91. The lowest BCUT2D eigenvalue weighted by Crippen LogP contribution is -2.39. The van der Waals surface area contributed by atoms with Crippen LogP contribution in [0.2, 0.25) is 0 Å². The van der Waals surface area contributed by atoms with Crippen molar-refractivity contribution in [2.45, 2.75) is 13.0 Å². The van der Waals surface area contributed by atoms with Crippen LogP contribution in [0.1, 0.15) is 6.92 Å². The third-order valence-corrected chi connectivity index (χ3v) is 2.03. The summed E-state index contributed by atoms with van der Waals surface area (Å²) < 4.78 is 4.83. The normalized spacial score (nSPS) is 11.9. The second-order valence-electron chi connectivity index (χ2n) is 3.48. The molecule has 0 saturated heterocycles. The van der Waals surface area contributed by atoms with E-state index < -0.39 is 6.04 Å². The summed E-state index contributed by atoms with van der Waals surface area (Å²) in [7, 11) is 1.58. The maximum Gasteiger partial charge on any atom is 0.242 e. The van der Waals surface area contributed by atoms with Crippen LogP contribution in [0.25, 0.3) is 0 Å². The smallest absolute Gasteiger partial charge is 0.242 e. The Kier molecular flexibility index (Phi) is 5.15. The quantitative estimate of drug-likeness (QED) is 0.585. The van der Waals surface area contributed by atoms with E-state index in [1.807, 2.05) is 0 Å². The molecule has 0 bridgehead atoms. The second-order valence-corrected chi connectivity index (χ2v) is 3.48. The van der Waals surface area contributed by atoms with E-state index in [0.29, 0.717) is 24.8 Å². The summed E-state index contributed by atoms with van der Waals surface area (Å²) in [5, 5.41) is 5.63. The van der Waals surface area contributed by atoms with Gasteiger partial charge in [-0.15, -0.1) is 0 Å². The molecule has 0 fully saturated rings. The van der Waals surface area contributed by atoms with Crippen molar-refractivity contribution < 1.29 is 9.53 Å². The molecule has 94 valence electrons. The molecule has 17 heavy (non-hydrogen) atoms. The zero-order valence-corrected chi connectivity index (χ0v) is 9.93. The first-order chi connectivity index (χ1) is 8.13. The standard InChI is InChI=1S/C10H17N5O2/c1-7(10(16)12-3-4-17-2)15-9-6-13-8(11)5-14-9/h5-7H,3-4H2,1-2H3,(H2,11,13)(H,12,16)(H,14,15). The van der Waals surface area contributed by atoms with Gasteiger partial charge in [-0.25, -0.2) is 9.97 Å². The minimum Gasteiger partial charge on any atom is -0.383 e. The molecule has 0 aliphatic rings. The number of rotatable bonds is 6.